The van der Waals surface area contributed by atoms with E-state index in [0.29, 0.717) is 6.54 Å². The lowest BCUT2D eigenvalue weighted by molar-refractivity contribution is -0.127. The number of hydrogen-bond acceptors (Lipinski definition) is 3. The van der Waals surface area contributed by atoms with Crippen molar-refractivity contribution in [3.63, 3.8) is 0 Å². The lowest BCUT2D eigenvalue weighted by Crippen LogP contribution is -2.36. The van der Waals surface area contributed by atoms with Gasteiger partial charge in [0.25, 0.3) is 5.91 Å². The van der Waals surface area contributed by atoms with Gasteiger partial charge in [-0.25, -0.2) is 4.39 Å². The first-order chi connectivity index (χ1) is 9.45. The summed E-state index contributed by atoms with van der Waals surface area (Å²) in [5, 5.41) is 2.74. The van der Waals surface area contributed by atoms with E-state index in [2.05, 4.69) is 5.32 Å². The van der Waals surface area contributed by atoms with Gasteiger partial charge in [-0.3, -0.25) is 9.59 Å². The summed E-state index contributed by atoms with van der Waals surface area (Å²) >= 11 is 0. The highest BCUT2D eigenvalue weighted by Gasteiger charge is 2.15. The van der Waals surface area contributed by atoms with Crippen molar-refractivity contribution in [2.45, 2.75) is 39.7 Å². The molecule has 0 aliphatic carbocycles. The highest BCUT2D eigenvalue weighted by atomic mass is 19.1. The Bertz CT molecular complexity index is 488. The quantitative estimate of drug-likeness (QED) is 0.617. The summed E-state index contributed by atoms with van der Waals surface area (Å²) in [6.45, 7) is 5.52. The fraction of sp³-hybridized carbons (Fsp3) is 0.467. The number of carbonyl (C=O) groups excluding carboxylic acids is 2. The Balaban J connectivity index is 2.62. The lowest BCUT2D eigenvalue weighted by Gasteiger charge is -2.15. The Morgan fingerprint density at radius 3 is 2.65 bits per heavy atom. The van der Waals surface area contributed by atoms with Crippen LogP contribution < -0.4 is 10.1 Å². The molecule has 5 heteroatoms. The molecule has 0 saturated carbocycles. The van der Waals surface area contributed by atoms with E-state index < -0.39 is 11.9 Å². The number of hydrogen-bond donors (Lipinski definition) is 1. The van der Waals surface area contributed by atoms with Crippen LogP contribution in [-0.2, 0) is 4.79 Å². The van der Waals surface area contributed by atoms with Gasteiger partial charge in [0.05, 0.1) is 5.56 Å². The molecule has 1 atom stereocenters. The first-order valence-electron chi connectivity index (χ1n) is 6.70. The fourth-order valence-electron chi connectivity index (χ4n) is 1.64. The Labute approximate surface area is 118 Å². The van der Waals surface area contributed by atoms with E-state index in [1.165, 1.54) is 19.1 Å². The Morgan fingerprint density at radius 1 is 1.40 bits per heavy atom. The van der Waals surface area contributed by atoms with Crippen LogP contribution in [-0.4, -0.2) is 24.3 Å². The number of ether oxygens (including phenoxy) is 1. The van der Waals surface area contributed by atoms with E-state index in [0.717, 1.165) is 18.9 Å². The molecule has 1 aromatic rings. The maximum Gasteiger partial charge on any atom is 0.260 e. The molecule has 1 aromatic carbocycles. The summed E-state index contributed by atoms with van der Waals surface area (Å²) in [5.41, 5.74) is 0.0115. The van der Waals surface area contributed by atoms with Gasteiger partial charge in [0.2, 0.25) is 0 Å². The predicted molar refractivity (Wildman–Crippen MR) is 74.4 cm³/mol. The van der Waals surface area contributed by atoms with Gasteiger partial charge in [-0.2, -0.15) is 0 Å². The first kappa shape index (κ1) is 16.1. The maximum atomic E-state index is 13.6. The standard InChI is InChI=1S/C15H20FNO3/c1-4-5-8-17-15(19)11(3)20-12-6-7-13(10(2)18)14(16)9-12/h6-7,9,11H,4-5,8H2,1-3H3,(H,17,19). The zero-order valence-corrected chi connectivity index (χ0v) is 12.0. The molecule has 0 bridgehead atoms. The van der Waals surface area contributed by atoms with Crippen molar-refractivity contribution in [1.29, 1.82) is 0 Å². The monoisotopic (exact) mass is 281 g/mol. The van der Waals surface area contributed by atoms with Crippen LogP contribution in [0.25, 0.3) is 0 Å². The normalized spacial score (nSPS) is 11.8. The van der Waals surface area contributed by atoms with Crippen molar-refractivity contribution in [1.82, 2.24) is 5.32 Å². The van der Waals surface area contributed by atoms with Crippen LogP contribution in [0.15, 0.2) is 18.2 Å². The molecule has 0 heterocycles. The van der Waals surface area contributed by atoms with Crippen LogP contribution in [0.2, 0.25) is 0 Å². The smallest absolute Gasteiger partial charge is 0.260 e. The number of unbranched alkanes of at least 4 members (excludes halogenated alkanes) is 1. The van der Waals surface area contributed by atoms with E-state index >= 15 is 0 Å². The van der Waals surface area contributed by atoms with Gasteiger partial charge in [-0.15, -0.1) is 0 Å². The number of halogens is 1. The topological polar surface area (TPSA) is 55.4 Å². The third-order valence-electron chi connectivity index (χ3n) is 2.83. The van der Waals surface area contributed by atoms with Gasteiger partial charge in [0, 0.05) is 12.6 Å². The molecule has 1 amide bonds. The molecular weight excluding hydrogens is 261 g/mol. The van der Waals surface area contributed by atoms with E-state index in [1.54, 1.807) is 6.92 Å². The highest BCUT2D eigenvalue weighted by molar-refractivity contribution is 5.94. The SMILES string of the molecule is CCCCNC(=O)C(C)Oc1ccc(C(C)=O)c(F)c1. The van der Waals surface area contributed by atoms with E-state index in [1.807, 2.05) is 6.92 Å². The molecule has 0 aliphatic heterocycles. The van der Waals surface area contributed by atoms with Crippen molar-refractivity contribution in [3.8, 4) is 5.75 Å². The van der Waals surface area contributed by atoms with Crippen LogP contribution in [0.1, 0.15) is 44.0 Å². The summed E-state index contributed by atoms with van der Waals surface area (Å²) in [7, 11) is 0. The summed E-state index contributed by atoms with van der Waals surface area (Å²) in [6.07, 6.45) is 1.18. The van der Waals surface area contributed by atoms with Crippen LogP contribution in [0, 0.1) is 5.82 Å². The minimum Gasteiger partial charge on any atom is -0.481 e. The van der Waals surface area contributed by atoms with Crippen LogP contribution in [0.3, 0.4) is 0 Å². The number of amides is 1. The lowest BCUT2D eigenvalue weighted by atomic mass is 10.1. The minimum absolute atomic E-state index is 0.0115. The third-order valence-corrected chi connectivity index (χ3v) is 2.83. The van der Waals surface area contributed by atoms with Gasteiger partial charge in [0.15, 0.2) is 11.9 Å². The second-order valence-corrected chi connectivity index (χ2v) is 4.60. The van der Waals surface area contributed by atoms with E-state index in [-0.39, 0.29) is 23.0 Å². The number of Topliss-reactive ketones (excluding diaryl/α,β-unsaturated/α-hetero) is 1. The van der Waals surface area contributed by atoms with Crippen molar-refractivity contribution >= 4 is 11.7 Å². The number of rotatable bonds is 7. The molecule has 0 aliphatic rings. The molecule has 0 saturated heterocycles. The zero-order chi connectivity index (χ0) is 15.1. The molecule has 1 unspecified atom stereocenters. The van der Waals surface area contributed by atoms with Gasteiger partial charge in [0.1, 0.15) is 11.6 Å². The van der Waals surface area contributed by atoms with Gasteiger partial charge in [-0.1, -0.05) is 13.3 Å². The molecule has 0 fully saturated rings. The third kappa shape index (κ3) is 4.64. The van der Waals surface area contributed by atoms with Crippen LogP contribution >= 0.6 is 0 Å². The molecule has 0 spiro atoms. The van der Waals surface area contributed by atoms with Gasteiger partial charge < -0.3 is 10.1 Å². The Kier molecular flexibility index (Phi) is 6.15. The summed E-state index contributed by atoms with van der Waals surface area (Å²) in [4.78, 5) is 22.8. The first-order valence-corrected chi connectivity index (χ1v) is 6.70. The molecule has 1 rings (SSSR count). The largest absolute Gasteiger partial charge is 0.481 e. The van der Waals surface area contributed by atoms with E-state index in [9.17, 15) is 14.0 Å². The van der Waals surface area contributed by atoms with E-state index in [4.69, 9.17) is 4.74 Å². The number of carbonyl (C=O) groups is 2. The second-order valence-electron chi connectivity index (χ2n) is 4.60. The number of benzene rings is 1. The Hall–Kier alpha value is -1.91. The highest BCUT2D eigenvalue weighted by Crippen LogP contribution is 2.18. The van der Waals surface area contributed by atoms with Crippen molar-refractivity contribution in [3.05, 3.63) is 29.6 Å². The number of ketones is 1. The van der Waals surface area contributed by atoms with Gasteiger partial charge >= 0.3 is 0 Å². The Morgan fingerprint density at radius 2 is 2.10 bits per heavy atom. The van der Waals surface area contributed by atoms with Crippen LogP contribution in [0.4, 0.5) is 4.39 Å². The van der Waals surface area contributed by atoms with Crippen molar-refractivity contribution in [2.24, 2.45) is 0 Å². The fourth-order valence-corrected chi connectivity index (χ4v) is 1.64. The summed E-state index contributed by atoms with van der Waals surface area (Å²) in [5.74, 6) is -1.01. The molecule has 1 N–H and O–H groups in total. The molecular formula is C15H20FNO3. The molecule has 110 valence electrons. The molecule has 20 heavy (non-hydrogen) atoms. The zero-order valence-electron chi connectivity index (χ0n) is 12.0. The average molecular weight is 281 g/mol. The number of nitrogens with one attached hydrogen (secondary N) is 1. The molecule has 0 aromatic heterocycles. The predicted octanol–water partition coefficient (Wildman–Crippen LogP) is 2.71. The van der Waals surface area contributed by atoms with Gasteiger partial charge in [-0.05, 0) is 32.4 Å². The average Bonchev–Trinajstić information content (AvgIpc) is 2.38. The summed E-state index contributed by atoms with van der Waals surface area (Å²) < 4.78 is 19.0. The maximum absolute atomic E-state index is 13.6. The minimum atomic E-state index is -0.713. The molecule has 0 radical (unpaired) electrons. The van der Waals surface area contributed by atoms with Crippen LogP contribution in [0.5, 0.6) is 5.75 Å². The second kappa shape index (κ2) is 7.62. The summed E-state index contributed by atoms with van der Waals surface area (Å²) in [6, 6.07) is 3.96. The van der Waals surface area contributed by atoms with Crippen molar-refractivity contribution in [2.75, 3.05) is 6.54 Å². The van der Waals surface area contributed by atoms with Crippen molar-refractivity contribution < 1.29 is 18.7 Å². The molecule has 4 nitrogen and oxygen atoms in total.